The van der Waals surface area contributed by atoms with E-state index in [1.165, 1.54) is 21.9 Å². The largest absolute Gasteiger partial charge is 0.497 e. The van der Waals surface area contributed by atoms with Crippen LogP contribution < -0.4 is 20.1 Å². The molecule has 2 aliphatic rings. The van der Waals surface area contributed by atoms with E-state index < -0.39 is 35.5 Å². The van der Waals surface area contributed by atoms with Crippen LogP contribution in [0.2, 0.25) is 0 Å². The molecule has 72 heavy (non-hydrogen) atoms. The highest BCUT2D eigenvalue weighted by Crippen LogP contribution is 2.36. The van der Waals surface area contributed by atoms with Crippen LogP contribution in [0, 0.1) is 11.3 Å². The van der Waals surface area contributed by atoms with Crippen LogP contribution >= 0.6 is 0 Å². The monoisotopic (exact) mass is 973 g/mol. The van der Waals surface area contributed by atoms with E-state index in [2.05, 4.69) is 48.8 Å². The summed E-state index contributed by atoms with van der Waals surface area (Å²) in [5, 5.41) is 19.2. The number of rotatable bonds is 18. The van der Waals surface area contributed by atoms with Crippen LogP contribution in [0.4, 0.5) is 9.59 Å². The Kier molecular flexibility index (Phi) is 16.8. The minimum absolute atomic E-state index is 0.00490. The summed E-state index contributed by atoms with van der Waals surface area (Å²) < 4.78 is 10.9. The number of amides is 6. The van der Waals surface area contributed by atoms with Crippen molar-refractivity contribution >= 4 is 23.9 Å². The first-order valence-electron chi connectivity index (χ1n) is 24.6. The van der Waals surface area contributed by atoms with Crippen LogP contribution in [-0.4, -0.2) is 129 Å². The van der Waals surface area contributed by atoms with E-state index >= 15 is 14.4 Å². The second kappa shape index (κ2) is 24.1. The number of H-pyrrole nitrogens is 2. The van der Waals surface area contributed by atoms with E-state index in [4.69, 9.17) is 9.47 Å². The molecule has 17 heteroatoms. The number of nitriles is 1. The zero-order valence-electron chi connectivity index (χ0n) is 40.9. The molecule has 4 aromatic carbocycles. The molecule has 6 aromatic rings. The molecule has 4 heterocycles. The zero-order chi connectivity index (χ0) is 50.3. The normalized spacial score (nSPS) is 15.3. The topological polar surface area (TPSA) is 205 Å². The van der Waals surface area contributed by atoms with Crippen LogP contribution in [0.1, 0.15) is 65.2 Å². The Morgan fingerprint density at radius 1 is 0.722 bits per heavy atom. The zero-order valence-corrected chi connectivity index (χ0v) is 40.9. The molecule has 2 fully saturated rings. The van der Waals surface area contributed by atoms with Gasteiger partial charge in [0.15, 0.2) is 0 Å². The lowest BCUT2D eigenvalue weighted by atomic mass is 9.74. The van der Waals surface area contributed by atoms with Crippen LogP contribution in [-0.2, 0) is 40.7 Å². The number of imidazole rings is 2. The maximum Gasteiger partial charge on any atom is 0.337 e. The van der Waals surface area contributed by atoms with E-state index in [0.717, 1.165) is 24.0 Å². The van der Waals surface area contributed by atoms with Crippen molar-refractivity contribution in [3.8, 4) is 17.6 Å². The quantitative estimate of drug-likeness (QED) is 0.0686. The molecule has 6 amide bonds. The highest BCUT2D eigenvalue weighted by molar-refractivity contribution is 5.91. The minimum atomic E-state index is -1.28. The number of hydrazine groups is 1. The van der Waals surface area contributed by atoms with Gasteiger partial charge in [0.1, 0.15) is 23.6 Å². The molecule has 8 rings (SSSR count). The number of carbonyl (C=O) groups is 4. The maximum atomic E-state index is 15.5. The summed E-state index contributed by atoms with van der Waals surface area (Å²) in [5.41, 5.74) is 4.11. The fourth-order valence-corrected chi connectivity index (χ4v) is 9.79. The minimum Gasteiger partial charge on any atom is -0.497 e. The predicted octanol–water partition coefficient (Wildman–Crippen LogP) is 6.59. The van der Waals surface area contributed by atoms with Gasteiger partial charge in [-0.15, -0.1) is 0 Å². The lowest BCUT2D eigenvalue weighted by Crippen LogP contribution is -2.66. The van der Waals surface area contributed by atoms with Crippen molar-refractivity contribution < 1.29 is 28.7 Å². The number of nitrogens with zero attached hydrogens (tertiary/aromatic N) is 7. The molecule has 2 saturated heterocycles. The fraction of sp³-hybridized carbons (Fsp3) is 0.364. The van der Waals surface area contributed by atoms with Crippen molar-refractivity contribution in [3.63, 3.8) is 0 Å². The Morgan fingerprint density at radius 2 is 1.28 bits per heavy atom. The van der Waals surface area contributed by atoms with Crippen molar-refractivity contribution in [1.82, 2.24) is 50.4 Å². The van der Waals surface area contributed by atoms with E-state index in [1.54, 1.807) is 50.0 Å². The molecule has 0 bridgehead atoms. The van der Waals surface area contributed by atoms with Gasteiger partial charge < -0.3 is 39.9 Å². The van der Waals surface area contributed by atoms with Gasteiger partial charge in [0, 0.05) is 70.8 Å². The summed E-state index contributed by atoms with van der Waals surface area (Å²) in [5.74, 6) is 0.879. The molecule has 17 nitrogen and oxygen atoms in total. The van der Waals surface area contributed by atoms with Gasteiger partial charge in [-0.3, -0.25) is 9.59 Å². The van der Waals surface area contributed by atoms with Gasteiger partial charge in [0.05, 0.1) is 56.3 Å². The number of nitrogens with one attached hydrogen (secondary N) is 4. The van der Waals surface area contributed by atoms with Crippen LogP contribution in [0.3, 0.4) is 0 Å². The third kappa shape index (κ3) is 12.4. The molecule has 4 N–H and O–H groups in total. The number of piperidine rings is 2. The number of hydrogen-bond acceptors (Lipinski definition) is 9. The summed E-state index contributed by atoms with van der Waals surface area (Å²) in [6.07, 6.45) is 9.48. The second-order valence-corrected chi connectivity index (χ2v) is 18.3. The molecular weight excluding hydrogens is 911 g/mol. The smallest absolute Gasteiger partial charge is 0.337 e. The molecule has 2 atom stereocenters. The Bertz CT molecular complexity index is 2700. The molecule has 2 unspecified atom stereocenters. The van der Waals surface area contributed by atoms with Crippen LogP contribution in [0.15, 0.2) is 134 Å². The average Bonchev–Trinajstić information content (AvgIpc) is 4.17. The number of likely N-dealkylation sites (tertiary alicyclic amines) is 2. The molecule has 2 aromatic heterocycles. The van der Waals surface area contributed by atoms with E-state index in [0.29, 0.717) is 60.8 Å². The highest BCUT2D eigenvalue weighted by Gasteiger charge is 2.44. The Hall–Kier alpha value is -8.13. The van der Waals surface area contributed by atoms with E-state index in [-0.39, 0.29) is 57.3 Å². The van der Waals surface area contributed by atoms with Gasteiger partial charge >= 0.3 is 12.1 Å². The summed E-state index contributed by atoms with van der Waals surface area (Å²) in [7, 11) is 3.15. The first-order chi connectivity index (χ1) is 35.2. The Labute approximate surface area is 420 Å². The number of aromatic nitrogens is 4. The lowest BCUT2D eigenvalue weighted by molar-refractivity contribution is -0.142. The molecule has 0 radical (unpaired) electrons. The highest BCUT2D eigenvalue weighted by atomic mass is 16.5. The van der Waals surface area contributed by atoms with Crippen molar-refractivity contribution in [2.75, 3.05) is 53.5 Å². The maximum absolute atomic E-state index is 15.5. The first kappa shape index (κ1) is 50.3. The second-order valence-electron chi connectivity index (χ2n) is 18.3. The standard InChI is InChI=1S/C55H63N11O6/c1-71-47-17-13-40(14-18-47)33-49(51(67)63-28-22-43(23-29-63)42-9-5-3-6-10-42)62-54(70)65(30-24-46-36-58-39-61-46)66(53(69)59-27-21-45-35-57-38-60-45)50(34-41-15-19-48(72-2)20-16-41)52(68)64-31-25-55(37-56,26-32-64)44-11-7-4-8-12-44/h3-20,35-36,38-39,43,49-50H,21-34H2,1-2H3,(H,57,60)(H,58,61)(H,59,69)(H,62,70). The number of hydrogen-bond donors (Lipinski definition) is 4. The SMILES string of the molecule is COc1ccc(CC(NC(=O)N(CCc2c[nH]cn2)N(C(=O)NCCc2c[nH]cn2)C(Cc2ccc(OC)cc2)C(=O)N2CCC(C#N)(c3ccccc3)CC2)C(=O)N2CCC(c3ccccc3)CC2)cc1. The van der Waals surface area contributed by atoms with Crippen molar-refractivity contribution in [3.05, 3.63) is 168 Å². The van der Waals surface area contributed by atoms with Gasteiger partial charge in [0.2, 0.25) is 11.8 Å². The summed E-state index contributed by atoms with van der Waals surface area (Å²) >= 11 is 0. The van der Waals surface area contributed by atoms with Gasteiger partial charge in [-0.05, 0) is 78.1 Å². The van der Waals surface area contributed by atoms with Gasteiger partial charge in [0.25, 0.3) is 0 Å². The van der Waals surface area contributed by atoms with E-state index in [9.17, 15) is 10.1 Å². The van der Waals surface area contributed by atoms with Crippen molar-refractivity contribution in [2.24, 2.45) is 0 Å². The number of ether oxygens (including phenoxy) is 2. The summed E-state index contributed by atoms with van der Waals surface area (Å²) in [6.45, 7) is 1.47. The number of methoxy groups -OCH3 is 2. The lowest BCUT2D eigenvalue weighted by Gasteiger charge is -2.44. The third-order valence-corrected chi connectivity index (χ3v) is 14.0. The van der Waals surface area contributed by atoms with Crippen LogP contribution in [0.25, 0.3) is 0 Å². The molecule has 374 valence electrons. The number of urea groups is 2. The van der Waals surface area contributed by atoms with Gasteiger partial charge in [-0.1, -0.05) is 84.9 Å². The van der Waals surface area contributed by atoms with E-state index in [1.807, 2.05) is 89.8 Å². The Balaban J connectivity index is 1.15. The van der Waals surface area contributed by atoms with Gasteiger partial charge in [-0.2, -0.15) is 5.26 Å². The molecule has 0 saturated carbocycles. The summed E-state index contributed by atoms with van der Waals surface area (Å²) in [6, 6.07) is 33.2. The molecular formula is C55H63N11O6. The predicted molar refractivity (Wildman–Crippen MR) is 271 cm³/mol. The average molecular weight is 974 g/mol. The third-order valence-electron chi connectivity index (χ3n) is 14.0. The summed E-state index contributed by atoms with van der Waals surface area (Å²) in [4.78, 5) is 79.4. The van der Waals surface area contributed by atoms with Crippen molar-refractivity contribution in [2.45, 2.75) is 74.8 Å². The molecule has 2 aliphatic heterocycles. The first-order valence-corrected chi connectivity index (χ1v) is 24.6. The molecule has 0 aliphatic carbocycles. The van der Waals surface area contributed by atoms with Gasteiger partial charge in [-0.25, -0.2) is 29.6 Å². The number of carbonyl (C=O) groups excluding carboxylic acids is 4. The Morgan fingerprint density at radius 3 is 1.83 bits per heavy atom. The van der Waals surface area contributed by atoms with Crippen LogP contribution in [0.5, 0.6) is 11.5 Å². The fourth-order valence-electron chi connectivity index (χ4n) is 9.79. The number of benzene rings is 4. The molecule has 0 spiro atoms. The van der Waals surface area contributed by atoms with Crippen molar-refractivity contribution in [1.29, 1.82) is 5.26 Å². The number of aromatic amines is 2.